The number of rotatable bonds is 2. The predicted molar refractivity (Wildman–Crippen MR) is 71.1 cm³/mol. The Labute approximate surface area is 110 Å². The number of nitrogens with zero attached hydrogens (tertiary/aromatic N) is 2. The van der Waals surface area contributed by atoms with E-state index in [0.29, 0.717) is 18.1 Å². The van der Waals surface area contributed by atoms with Gasteiger partial charge in [0.25, 0.3) is 0 Å². The van der Waals surface area contributed by atoms with Gasteiger partial charge in [-0.15, -0.1) is 0 Å². The molecule has 0 N–H and O–H groups in total. The molecule has 0 bridgehead atoms. The lowest BCUT2D eigenvalue weighted by Crippen LogP contribution is -2.20. The molecule has 90 valence electrons. The van der Waals surface area contributed by atoms with E-state index in [2.05, 4.69) is 4.98 Å². The second-order valence-corrected chi connectivity index (χ2v) is 4.63. The Morgan fingerprint density at radius 3 is 3.00 bits per heavy atom. The van der Waals surface area contributed by atoms with Gasteiger partial charge in [0.1, 0.15) is 5.15 Å². The van der Waals surface area contributed by atoms with Gasteiger partial charge in [-0.25, -0.2) is 4.98 Å². The fourth-order valence-electron chi connectivity index (χ4n) is 2.10. The maximum absolute atomic E-state index is 11.5. The first-order chi connectivity index (χ1) is 8.74. The molecule has 1 aliphatic rings. The van der Waals surface area contributed by atoms with Crippen molar-refractivity contribution < 1.29 is 4.79 Å². The molecule has 1 aliphatic heterocycles. The van der Waals surface area contributed by atoms with Crippen molar-refractivity contribution in [3.63, 3.8) is 0 Å². The third kappa shape index (κ3) is 1.97. The summed E-state index contributed by atoms with van der Waals surface area (Å²) >= 11 is 6.07. The van der Waals surface area contributed by atoms with Crippen molar-refractivity contribution in [2.24, 2.45) is 0 Å². The van der Waals surface area contributed by atoms with Gasteiger partial charge < -0.3 is 4.90 Å². The SMILES string of the molecule is O=C1CC=CN1Cc1ccc2ccnc(Cl)c2c1. The molecule has 4 heteroatoms. The van der Waals surface area contributed by atoms with Crippen molar-refractivity contribution in [3.05, 3.63) is 53.5 Å². The van der Waals surface area contributed by atoms with Crippen molar-refractivity contribution >= 4 is 28.3 Å². The largest absolute Gasteiger partial charge is 0.315 e. The predicted octanol–water partition coefficient (Wildman–Crippen LogP) is 3.13. The minimum Gasteiger partial charge on any atom is -0.315 e. The Hall–Kier alpha value is -1.87. The van der Waals surface area contributed by atoms with Crippen LogP contribution in [0, 0.1) is 0 Å². The van der Waals surface area contributed by atoms with E-state index in [1.165, 1.54) is 0 Å². The number of fused-ring (bicyclic) bond motifs is 1. The number of pyridine rings is 1. The molecule has 18 heavy (non-hydrogen) atoms. The maximum atomic E-state index is 11.5. The zero-order chi connectivity index (χ0) is 12.5. The van der Waals surface area contributed by atoms with Crippen LogP contribution in [0.4, 0.5) is 0 Å². The normalized spacial score (nSPS) is 14.7. The summed E-state index contributed by atoms with van der Waals surface area (Å²) in [6.45, 7) is 0.580. The quantitative estimate of drug-likeness (QED) is 0.776. The lowest BCUT2D eigenvalue weighted by atomic mass is 10.1. The van der Waals surface area contributed by atoms with Crippen LogP contribution in [0.2, 0.25) is 5.15 Å². The Balaban J connectivity index is 1.96. The van der Waals surface area contributed by atoms with Crippen molar-refractivity contribution in [2.75, 3.05) is 0 Å². The summed E-state index contributed by atoms with van der Waals surface area (Å²) in [6.07, 6.45) is 5.89. The van der Waals surface area contributed by atoms with Crippen molar-refractivity contribution in [3.8, 4) is 0 Å². The molecule has 0 unspecified atom stereocenters. The van der Waals surface area contributed by atoms with Crippen LogP contribution >= 0.6 is 11.6 Å². The number of aromatic nitrogens is 1. The van der Waals surface area contributed by atoms with Crippen molar-refractivity contribution in [2.45, 2.75) is 13.0 Å². The molecule has 1 aromatic heterocycles. The van der Waals surface area contributed by atoms with Crippen LogP contribution in [-0.4, -0.2) is 15.8 Å². The highest BCUT2D eigenvalue weighted by Gasteiger charge is 2.15. The van der Waals surface area contributed by atoms with Crippen molar-refractivity contribution in [1.82, 2.24) is 9.88 Å². The second kappa shape index (κ2) is 4.42. The molecule has 3 nitrogen and oxygen atoms in total. The van der Waals surface area contributed by atoms with E-state index in [4.69, 9.17) is 11.6 Å². The van der Waals surface area contributed by atoms with Gasteiger partial charge in [-0.05, 0) is 23.1 Å². The topological polar surface area (TPSA) is 33.2 Å². The molecule has 0 fully saturated rings. The third-order valence-electron chi connectivity index (χ3n) is 3.03. The molecular formula is C14H11ClN2O. The number of carbonyl (C=O) groups excluding carboxylic acids is 1. The highest BCUT2D eigenvalue weighted by Crippen LogP contribution is 2.23. The Bertz CT molecular complexity index is 651. The van der Waals surface area contributed by atoms with Gasteiger partial charge in [0.15, 0.2) is 0 Å². The third-order valence-corrected chi connectivity index (χ3v) is 3.33. The summed E-state index contributed by atoms with van der Waals surface area (Å²) in [6, 6.07) is 7.93. The van der Waals surface area contributed by atoms with Crippen LogP contribution in [-0.2, 0) is 11.3 Å². The Kier molecular flexibility index (Phi) is 2.76. The fraction of sp³-hybridized carbons (Fsp3) is 0.143. The first-order valence-electron chi connectivity index (χ1n) is 5.73. The maximum Gasteiger partial charge on any atom is 0.230 e. The molecule has 0 aliphatic carbocycles. The lowest BCUT2D eigenvalue weighted by molar-refractivity contribution is -0.127. The number of halogens is 1. The molecule has 1 amide bonds. The minimum atomic E-state index is 0.132. The molecule has 1 aromatic carbocycles. The number of amides is 1. The van der Waals surface area contributed by atoms with E-state index in [1.54, 1.807) is 11.1 Å². The van der Waals surface area contributed by atoms with E-state index in [1.807, 2.05) is 36.5 Å². The van der Waals surface area contributed by atoms with Gasteiger partial charge in [-0.2, -0.15) is 0 Å². The van der Waals surface area contributed by atoms with Crippen LogP contribution in [0.1, 0.15) is 12.0 Å². The van der Waals surface area contributed by atoms with Gasteiger partial charge in [0.05, 0.1) is 6.54 Å². The monoisotopic (exact) mass is 258 g/mol. The molecule has 2 aromatic rings. The number of benzene rings is 1. The summed E-state index contributed by atoms with van der Waals surface area (Å²) in [5, 5.41) is 2.48. The van der Waals surface area contributed by atoms with Crippen molar-refractivity contribution in [1.29, 1.82) is 0 Å². The van der Waals surface area contributed by atoms with E-state index in [0.717, 1.165) is 16.3 Å². The van der Waals surface area contributed by atoms with E-state index in [-0.39, 0.29) is 5.91 Å². The number of carbonyl (C=O) groups is 1. The average molecular weight is 259 g/mol. The molecule has 0 spiro atoms. The summed E-state index contributed by atoms with van der Waals surface area (Å²) in [5.74, 6) is 0.132. The smallest absolute Gasteiger partial charge is 0.230 e. The average Bonchev–Trinajstić information content (AvgIpc) is 2.76. The molecule has 0 saturated heterocycles. The second-order valence-electron chi connectivity index (χ2n) is 4.27. The van der Waals surface area contributed by atoms with Gasteiger partial charge in [0.2, 0.25) is 5.91 Å². The zero-order valence-electron chi connectivity index (χ0n) is 9.64. The van der Waals surface area contributed by atoms with Crippen LogP contribution in [0.25, 0.3) is 10.8 Å². The highest BCUT2D eigenvalue weighted by molar-refractivity contribution is 6.34. The summed E-state index contributed by atoms with van der Waals surface area (Å²) < 4.78 is 0. The molecule has 0 radical (unpaired) electrons. The van der Waals surface area contributed by atoms with Gasteiger partial charge in [-0.1, -0.05) is 29.8 Å². The summed E-state index contributed by atoms with van der Waals surface area (Å²) in [7, 11) is 0. The molecule has 0 atom stereocenters. The van der Waals surface area contributed by atoms with Gasteiger partial charge in [-0.3, -0.25) is 4.79 Å². The molecule has 3 rings (SSSR count). The number of hydrogen-bond acceptors (Lipinski definition) is 2. The first kappa shape index (κ1) is 11.2. The molecular weight excluding hydrogens is 248 g/mol. The first-order valence-corrected chi connectivity index (χ1v) is 6.11. The van der Waals surface area contributed by atoms with Gasteiger partial charge in [0, 0.05) is 24.2 Å². The van der Waals surface area contributed by atoms with Crippen LogP contribution < -0.4 is 0 Å². The molecule has 2 heterocycles. The highest BCUT2D eigenvalue weighted by atomic mass is 35.5. The fourth-order valence-corrected chi connectivity index (χ4v) is 2.32. The number of hydrogen-bond donors (Lipinski definition) is 0. The van der Waals surface area contributed by atoms with Crippen LogP contribution in [0.5, 0.6) is 0 Å². The summed E-state index contributed by atoms with van der Waals surface area (Å²) in [5.41, 5.74) is 1.05. The lowest BCUT2D eigenvalue weighted by Gasteiger charge is -2.14. The van der Waals surface area contributed by atoms with Gasteiger partial charge >= 0.3 is 0 Å². The summed E-state index contributed by atoms with van der Waals surface area (Å²) in [4.78, 5) is 17.3. The Morgan fingerprint density at radius 1 is 1.33 bits per heavy atom. The zero-order valence-corrected chi connectivity index (χ0v) is 10.4. The van der Waals surface area contributed by atoms with E-state index >= 15 is 0 Å². The van der Waals surface area contributed by atoms with E-state index in [9.17, 15) is 4.79 Å². The van der Waals surface area contributed by atoms with Crippen LogP contribution in [0.15, 0.2) is 42.7 Å². The van der Waals surface area contributed by atoms with Crippen LogP contribution in [0.3, 0.4) is 0 Å². The minimum absolute atomic E-state index is 0.132. The standard InChI is InChI=1S/C14H11ClN2O/c15-14-12-8-10(3-4-11(12)5-6-16-14)9-17-7-1-2-13(17)18/h1,3-8H,2,9H2. The van der Waals surface area contributed by atoms with E-state index < -0.39 is 0 Å². The Morgan fingerprint density at radius 2 is 2.22 bits per heavy atom. The molecule has 0 saturated carbocycles.